The van der Waals surface area contributed by atoms with Gasteiger partial charge in [0.05, 0.1) is 26.4 Å². The van der Waals surface area contributed by atoms with Gasteiger partial charge in [-0.05, 0) is 40.5 Å². The van der Waals surface area contributed by atoms with E-state index >= 15 is 0 Å². The molecule has 0 saturated carbocycles. The van der Waals surface area contributed by atoms with Crippen LogP contribution in [0.15, 0.2) is 0 Å². The fourth-order valence-electron chi connectivity index (χ4n) is 1.53. The summed E-state index contributed by atoms with van der Waals surface area (Å²) >= 11 is 0. The summed E-state index contributed by atoms with van der Waals surface area (Å²) in [5.74, 6) is 2.32. The van der Waals surface area contributed by atoms with Crippen LogP contribution in [0.5, 0.6) is 0 Å². The van der Waals surface area contributed by atoms with Gasteiger partial charge in [0.15, 0.2) is 16.8 Å². The molecule has 0 heterocycles. The van der Waals surface area contributed by atoms with Gasteiger partial charge in [0.25, 0.3) is 0 Å². The van der Waals surface area contributed by atoms with E-state index in [4.69, 9.17) is 18.1 Å². The van der Waals surface area contributed by atoms with Gasteiger partial charge in [-0.25, -0.2) is 0 Å². The lowest BCUT2D eigenvalue weighted by molar-refractivity contribution is 0.269. The molecular weight excluding hydrogens is 358 g/mol. The second kappa shape index (κ2) is 18.7. The third kappa shape index (κ3) is 15.0. The van der Waals surface area contributed by atoms with Crippen LogP contribution in [0.3, 0.4) is 0 Å². The molecule has 0 aromatic heterocycles. The zero-order valence-electron chi connectivity index (χ0n) is 14.4. The highest BCUT2D eigenvalue weighted by molar-refractivity contribution is 8.76. The van der Waals surface area contributed by atoms with Crippen molar-refractivity contribution in [1.29, 1.82) is 0 Å². The van der Waals surface area contributed by atoms with E-state index in [9.17, 15) is 0 Å². The molecule has 4 nitrogen and oxygen atoms in total. The number of rotatable bonds is 17. The Morgan fingerprint density at radius 3 is 1.18 bits per heavy atom. The first-order valence-corrected chi connectivity index (χ1v) is 13.3. The SMILES string of the molecule is CCOP(CCCSSCCCP(OCC)OCC)OCC. The molecule has 0 amide bonds. The van der Waals surface area contributed by atoms with Crippen molar-refractivity contribution in [2.75, 3.05) is 50.3 Å². The third-order valence-corrected chi connectivity index (χ3v) is 8.44. The summed E-state index contributed by atoms with van der Waals surface area (Å²) < 4.78 is 22.4. The van der Waals surface area contributed by atoms with E-state index in [0.717, 1.165) is 63.1 Å². The lowest BCUT2D eigenvalue weighted by Crippen LogP contribution is -1.97. The molecule has 8 heteroatoms. The third-order valence-electron chi connectivity index (χ3n) is 2.31. The highest BCUT2D eigenvalue weighted by Crippen LogP contribution is 2.40. The van der Waals surface area contributed by atoms with Crippen LogP contribution in [0.4, 0.5) is 0 Å². The van der Waals surface area contributed by atoms with E-state index in [2.05, 4.69) is 0 Å². The summed E-state index contributed by atoms with van der Waals surface area (Å²) in [5.41, 5.74) is 0. The first-order valence-electron chi connectivity index (χ1n) is 8.09. The highest BCUT2D eigenvalue weighted by Gasteiger charge is 2.09. The summed E-state index contributed by atoms with van der Waals surface area (Å²) in [6, 6.07) is 0. The van der Waals surface area contributed by atoms with Gasteiger partial charge in [0.1, 0.15) is 0 Å². The maximum Gasteiger partial charge on any atom is 0.170 e. The molecule has 0 spiro atoms. The molecule has 0 radical (unpaired) electrons. The molecule has 0 N–H and O–H groups in total. The van der Waals surface area contributed by atoms with Gasteiger partial charge in [0, 0.05) is 23.8 Å². The molecule has 0 unspecified atom stereocenters. The van der Waals surface area contributed by atoms with Gasteiger partial charge in [0.2, 0.25) is 0 Å². The molecule has 0 rings (SSSR count). The average Bonchev–Trinajstić information content (AvgIpc) is 2.50. The minimum atomic E-state index is -0.659. The fourth-order valence-corrected chi connectivity index (χ4v) is 6.78. The maximum atomic E-state index is 5.60. The molecule has 0 fully saturated rings. The van der Waals surface area contributed by atoms with E-state index in [0.29, 0.717) is 0 Å². The Morgan fingerprint density at radius 1 is 0.591 bits per heavy atom. The van der Waals surface area contributed by atoms with Crippen molar-refractivity contribution >= 4 is 38.3 Å². The standard InChI is InChI=1S/C14H32O4P2S2/c1-5-15-19(16-6-2)11-9-13-21-22-14-10-12-20(17-7-3)18-8-4/h5-14H2,1-4H3. The smallest absolute Gasteiger partial charge is 0.170 e. The van der Waals surface area contributed by atoms with E-state index in [1.165, 1.54) is 0 Å². The topological polar surface area (TPSA) is 36.9 Å². The molecule has 0 aliphatic carbocycles. The van der Waals surface area contributed by atoms with E-state index in [1.54, 1.807) is 0 Å². The van der Waals surface area contributed by atoms with Crippen LogP contribution in [0.2, 0.25) is 0 Å². The van der Waals surface area contributed by atoms with Gasteiger partial charge < -0.3 is 18.1 Å². The molecule has 0 aromatic carbocycles. The maximum absolute atomic E-state index is 5.60. The molecular formula is C14H32O4P2S2. The Labute approximate surface area is 147 Å². The van der Waals surface area contributed by atoms with Gasteiger partial charge >= 0.3 is 0 Å². The molecule has 0 aliphatic rings. The van der Waals surface area contributed by atoms with Crippen LogP contribution >= 0.6 is 38.3 Å². The minimum Gasteiger partial charge on any atom is -0.334 e. The zero-order chi connectivity index (χ0) is 16.5. The van der Waals surface area contributed by atoms with Crippen LogP contribution in [0.1, 0.15) is 40.5 Å². The van der Waals surface area contributed by atoms with E-state index in [1.807, 2.05) is 49.3 Å². The van der Waals surface area contributed by atoms with Crippen molar-refractivity contribution in [2.45, 2.75) is 40.5 Å². The molecule has 22 heavy (non-hydrogen) atoms. The summed E-state index contributed by atoms with van der Waals surface area (Å²) in [6.07, 6.45) is 4.41. The normalized spacial score (nSPS) is 11.7. The Bertz CT molecular complexity index is 195. The van der Waals surface area contributed by atoms with Crippen molar-refractivity contribution in [2.24, 2.45) is 0 Å². The van der Waals surface area contributed by atoms with Crippen molar-refractivity contribution in [3.8, 4) is 0 Å². The van der Waals surface area contributed by atoms with Crippen LogP contribution < -0.4 is 0 Å². The van der Waals surface area contributed by atoms with Crippen LogP contribution in [-0.2, 0) is 18.1 Å². The Morgan fingerprint density at radius 2 is 0.909 bits per heavy atom. The monoisotopic (exact) mass is 390 g/mol. The Kier molecular flexibility index (Phi) is 19.9. The summed E-state index contributed by atoms with van der Waals surface area (Å²) in [7, 11) is 2.59. The van der Waals surface area contributed by atoms with Gasteiger partial charge in [-0.15, -0.1) is 0 Å². The Balaban J connectivity index is 3.44. The average molecular weight is 390 g/mol. The second-order valence-electron chi connectivity index (χ2n) is 4.13. The summed E-state index contributed by atoms with van der Waals surface area (Å²) in [4.78, 5) is 0. The highest BCUT2D eigenvalue weighted by atomic mass is 33.1. The first-order chi connectivity index (χ1) is 10.8. The van der Waals surface area contributed by atoms with Gasteiger partial charge in [-0.2, -0.15) is 0 Å². The van der Waals surface area contributed by atoms with Crippen LogP contribution in [-0.4, -0.2) is 50.3 Å². The van der Waals surface area contributed by atoms with E-state index in [-0.39, 0.29) is 0 Å². The predicted molar refractivity (Wildman–Crippen MR) is 104 cm³/mol. The lowest BCUT2D eigenvalue weighted by atomic mass is 10.6. The number of hydrogen-bond acceptors (Lipinski definition) is 6. The van der Waals surface area contributed by atoms with Crippen molar-refractivity contribution in [1.82, 2.24) is 0 Å². The van der Waals surface area contributed by atoms with Gasteiger partial charge in [-0.3, -0.25) is 0 Å². The Hall–Kier alpha value is 1.40. The largest absolute Gasteiger partial charge is 0.334 e. The molecule has 0 aliphatic heterocycles. The lowest BCUT2D eigenvalue weighted by Gasteiger charge is -2.15. The van der Waals surface area contributed by atoms with Crippen LogP contribution in [0, 0.1) is 0 Å². The van der Waals surface area contributed by atoms with Crippen LogP contribution in [0.25, 0.3) is 0 Å². The summed E-state index contributed by atoms with van der Waals surface area (Å²) in [6.45, 7) is 11.1. The molecule has 0 atom stereocenters. The van der Waals surface area contributed by atoms with Crippen molar-refractivity contribution < 1.29 is 18.1 Å². The second-order valence-corrected chi connectivity index (χ2v) is 10.1. The molecule has 134 valence electrons. The van der Waals surface area contributed by atoms with E-state index < -0.39 is 16.8 Å². The van der Waals surface area contributed by atoms with Crippen molar-refractivity contribution in [3.63, 3.8) is 0 Å². The summed E-state index contributed by atoms with van der Waals surface area (Å²) in [5, 5.41) is 0. The fraction of sp³-hybridized carbons (Fsp3) is 1.00. The number of hydrogen-bond donors (Lipinski definition) is 0. The van der Waals surface area contributed by atoms with Gasteiger partial charge in [-0.1, -0.05) is 21.6 Å². The molecule has 0 aromatic rings. The molecule has 0 saturated heterocycles. The predicted octanol–water partition coefficient (Wildman–Crippen LogP) is 5.92. The van der Waals surface area contributed by atoms with Crippen molar-refractivity contribution in [3.05, 3.63) is 0 Å². The first kappa shape index (κ1) is 23.4. The molecule has 0 bridgehead atoms. The zero-order valence-corrected chi connectivity index (χ0v) is 17.8. The minimum absolute atomic E-state index is 0.659. The quantitative estimate of drug-likeness (QED) is 0.174.